The number of hydrogen-bond acceptors (Lipinski definition) is 4. The van der Waals surface area contributed by atoms with Crippen molar-refractivity contribution in [1.29, 1.82) is 0 Å². The van der Waals surface area contributed by atoms with E-state index in [1.807, 2.05) is 48.5 Å². The van der Waals surface area contributed by atoms with Crippen LogP contribution in [0.15, 0.2) is 54.7 Å². The second-order valence-electron chi connectivity index (χ2n) is 5.84. The van der Waals surface area contributed by atoms with Crippen LogP contribution in [0.2, 0.25) is 0 Å². The van der Waals surface area contributed by atoms with E-state index < -0.39 is 0 Å². The zero-order valence-corrected chi connectivity index (χ0v) is 14.7. The summed E-state index contributed by atoms with van der Waals surface area (Å²) < 4.78 is 12.9. The Morgan fingerprint density at radius 2 is 1.96 bits per heavy atom. The number of carbonyl (C=O) groups excluding carboxylic acids is 1. The van der Waals surface area contributed by atoms with E-state index in [9.17, 15) is 4.79 Å². The average Bonchev–Trinajstić information content (AvgIpc) is 3.28. The molecule has 4 rings (SSSR count). The predicted octanol–water partition coefficient (Wildman–Crippen LogP) is 3.24. The van der Waals surface area contributed by atoms with Crippen molar-refractivity contribution in [3.05, 3.63) is 70.8 Å². The molecule has 132 valence electrons. The van der Waals surface area contributed by atoms with Crippen molar-refractivity contribution in [1.82, 2.24) is 14.9 Å². The smallest absolute Gasteiger partial charge is 0.269 e. The predicted molar refractivity (Wildman–Crippen MR) is 99.6 cm³/mol. The van der Waals surface area contributed by atoms with Crippen LogP contribution in [0.25, 0.3) is 5.69 Å². The molecule has 6 nitrogen and oxygen atoms in total. The quantitative estimate of drug-likeness (QED) is 0.680. The standard InChI is InChI=1S/C19H17N3O3S/c23-18(15-11-21-19(26)22(15)14-4-2-1-3-5-14)20-9-8-13-6-7-16-17(10-13)25-12-24-16/h1-7,10-11H,8-9,12H2,(H,20,23)(H,21,26). The number of benzene rings is 2. The first kappa shape index (κ1) is 16.4. The van der Waals surface area contributed by atoms with Crippen LogP contribution in [0.3, 0.4) is 0 Å². The van der Waals surface area contributed by atoms with Crippen molar-refractivity contribution in [2.24, 2.45) is 0 Å². The van der Waals surface area contributed by atoms with Crippen LogP contribution < -0.4 is 14.8 Å². The Bertz CT molecular complexity index is 995. The molecule has 2 N–H and O–H groups in total. The number of hydrogen-bond donors (Lipinski definition) is 2. The molecule has 2 aromatic carbocycles. The summed E-state index contributed by atoms with van der Waals surface area (Å²) in [7, 11) is 0. The van der Waals surface area contributed by atoms with Crippen molar-refractivity contribution in [2.75, 3.05) is 13.3 Å². The molecule has 3 aromatic rings. The Morgan fingerprint density at radius 3 is 2.81 bits per heavy atom. The summed E-state index contributed by atoms with van der Waals surface area (Å²) in [5.41, 5.74) is 2.40. The number of aromatic amines is 1. The number of nitrogens with one attached hydrogen (secondary N) is 2. The van der Waals surface area contributed by atoms with Crippen molar-refractivity contribution in [2.45, 2.75) is 6.42 Å². The average molecular weight is 367 g/mol. The summed E-state index contributed by atoms with van der Waals surface area (Å²) in [5.74, 6) is 1.33. The first-order chi connectivity index (χ1) is 12.7. The molecule has 0 aliphatic carbocycles. The third kappa shape index (κ3) is 3.21. The first-order valence-electron chi connectivity index (χ1n) is 8.25. The second kappa shape index (κ2) is 7.05. The maximum absolute atomic E-state index is 12.6. The molecule has 26 heavy (non-hydrogen) atoms. The lowest BCUT2D eigenvalue weighted by molar-refractivity contribution is 0.0947. The molecule has 0 saturated heterocycles. The Hall–Kier alpha value is -3.06. The summed E-state index contributed by atoms with van der Waals surface area (Å²) in [5, 5.41) is 2.94. The number of aromatic nitrogens is 2. The minimum absolute atomic E-state index is 0.179. The van der Waals surface area contributed by atoms with Crippen LogP contribution in [0.5, 0.6) is 11.5 Å². The fourth-order valence-electron chi connectivity index (χ4n) is 2.88. The second-order valence-corrected chi connectivity index (χ2v) is 6.23. The maximum Gasteiger partial charge on any atom is 0.269 e. The van der Waals surface area contributed by atoms with Gasteiger partial charge in [0.1, 0.15) is 5.69 Å². The zero-order valence-electron chi connectivity index (χ0n) is 13.9. The molecular weight excluding hydrogens is 350 g/mol. The summed E-state index contributed by atoms with van der Waals surface area (Å²) >= 11 is 5.31. The van der Waals surface area contributed by atoms with E-state index in [0.29, 0.717) is 23.4 Å². The monoisotopic (exact) mass is 367 g/mol. The van der Waals surface area contributed by atoms with Gasteiger partial charge in [0.2, 0.25) is 6.79 Å². The van der Waals surface area contributed by atoms with Gasteiger partial charge in [-0.2, -0.15) is 0 Å². The number of ether oxygens (including phenoxy) is 2. The number of fused-ring (bicyclic) bond motifs is 1. The topological polar surface area (TPSA) is 68.3 Å². The molecule has 7 heteroatoms. The van der Waals surface area contributed by atoms with Crippen molar-refractivity contribution in [3.63, 3.8) is 0 Å². The number of amides is 1. The van der Waals surface area contributed by atoms with Crippen molar-refractivity contribution < 1.29 is 14.3 Å². The normalized spacial score (nSPS) is 12.2. The van der Waals surface area contributed by atoms with E-state index in [-0.39, 0.29) is 12.7 Å². The molecule has 0 bridgehead atoms. The molecule has 1 aliphatic heterocycles. The first-order valence-corrected chi connectivity index (χ1v) is 8.66. The summed E-state index contributed by atoms with van der Waals surface area (Å²) in [6, 6.07) is 15.4. The van der Waals surface area contributed by atoms with Gasteiger partial charge >= 0.3 is 0 Å². The third-order valence-corrected chi connectivity index (χ3v) is 4.46. The molecule has 1 aliphatic rings. The van der Waals surface area contributed by atoms with E-state index >= 15 is 0 Å². The molecule has 0 radical (unpaired) electrons. The lowest BCUT2D eigenvalue weighted by atomic mass is 10.1. The molecule has 0 fully saturated rings. The van der Waals surface area contributed by atoms with Gasteiger partial charge in [-0.15, -0.1) is 0 Å². The van der Waals surface area contributed by atoms with Gasteiger partial charge in [-0.1, -0.05) is 24.3 Å². The number of rotatable bonds is 5. The van der Waals surface area contributed by atoms with E-state index in [1.165, 1.54) is 0 Å². The highest BCUT2D eigenvalue weighted by Crippen LogP contribution is 2.32. The summed E-state index contributed by atoms with van der Waals surface area (Å²) in [6.07, 6.45) is 2.32. The fraction of sp³-hybridized carbons (Fsp3) is 0.158. The van der Waals surface area contributed by atoms with Crippen LogP contribution >= 0.6 is 12.2 Å². The van der Waals surface area contributed by atoms with Gasteiger partial charge in [-0.3, -0.25) is 9.36 Å². The van der Waals surface area contributed by atoms with Crippen LogP contribution in [0.4, 0.5) is 0 Å². The lowest BCUT2D eigenvalue weighted by Gasteiger charge is -2.09. The Morgan fingerprint density at radius 1 is 1.15 bits per heavy atom. The molecule has 1 aromatic heterocycles. The van der Waals surface area contributed by atoms with Gasteiger partial charge in [0.15, 0.2) is 16.3 Å². The third-order valence-electron chi connectivity index (χ3n) is 4.16. The molecule has 1 amide bonds. The van der Waals surface area contributed by atoms with Gasteiger partial charge < -0.3 is 19.8 Å². The number of carbonyl (C=O) groups is 1. The Labute approximate surface area is 155 Å². The number of imidazole rings is 1. The molecule has 0 atom stereocenters. The van der Waals surface area contributed by atoms with E-state index in [0.717, 1.165) is 22.7 Å². The van der Waals surface area contributed by atoms with Crippen molar-refractivity contribution in [3.8, 4) is 17.2 Å². The SMILES string of the molecule is O=C(NCCc1ccc2c(c1)OCO2)c1c[nH]c(=S)n1-c1ccccc1. The van der Waals surface area contributed by atoms with Gasteiger partial charge in [-0.05, 0) is 48.5 Å². The van der Waals surface area contributed by atoms with Gasteiger partial charge in [-0.25, -0.2) is 0 Å². The van der Waals surface area contributed by atoms with Gasteiger partial charge in [0.25, 0.3) is 5.91 Å². The molecule has 2 heterocycles. The summed E-state index contributed by atoms with van der Waals surface area (Å²) in [6.45, 7) is 0.761. The van der Waals surface area contributed by atoms with Crippen LogP contribution in [0, 0.1) is 4.77 Å². The van der Waals surface area contributed by atoms with E-state index in [1.54, 1.807) is 10.8 Å². The van der Waals surface area contributed by atoms with Crippen molar-refractivity contribution >= 4 is 18.1 Å². The zero-order chi connectivity index (χ0) is 17.9. The fourth-order valence-corrected chi connectivity index (χ4v) is 3.14. The highest BCUT2D eigenvalue weighted by molar-refractivity contribution is 7.71. The number of para-hydroxylation sites is 1. The minimum Gasteiger partial charge on any atom is -0.454 e. The minimum atomic E-state index is -0.179. The lowest BCUT2D eigenvalue weighted by Crippen LogP contribution is -2.27. The van der Waals surface area contributed by atoms with E-state index in [2.05, 4.69) is 10.3 Å². The number of H-pyrrole nitrogens is 1. The molecule has 0 saturated carbocycles. The van der Waals surface area contributed by atoms with Crippen LogP contribution in [-0.2, 0) is 6.42 Å². The maximum atomic E-state index is 12.6. The number of nitrogens with zero attached hydrogens (tertiary/aromatic N) is 1. The summed E-state index contributed by atoms with van der Waals surface area (Å²) in [4.78, 5) is 15.5. The molecule has 0 spiro atoms. The van der Waals surface area contributed by atoms with E-state index in [4.69, 9.17) is 21.7 Å². The van der Waals surface area contributed by atoms with Crippen LogP contribution in [0.1, 0.15) is 16.1 Å². The molecular formula is C19H17N3O3S. The highest BCUT2D eigenvalue weighted by atomic mass is 32.1. The highest BCUT2D eigenvalue weighted by Gasteiger charge is 2.15. The Kier molecular flexibility index (Phi) is 4.45. The largest absolute Gasteiger partial charge is 0.454 e. The van der Waals surface area contributed by atoms with Gasteiger partial charge in [0, 0.05) is 18.4 Å². The van der Waals surface area contributed by atoms with Gasteiger partial charge in [0.05, 0.1) is 0 Å². The Balaban J connectivity index is 1.44. The molecule has 0 unspecified atom stereocenters. The van der Waals surface area contributed by atoms with Crippen LogP contribution in [-0.4, -0.2) is 28.8 Å².